The molecule has 0 fully saturated rings. The number of benzene rings is 1. The van der Waals surface area contributed by atoms with Gasteiger partial charge in [-0.2, -0.15) is 0 Å². The minimum atomic E-state index is -0.166. The SMILES string of the molecule is CCOc1ccc(CC(=O)N(C)N)cc1Cl. The van der Waals surface area contributed by atoms with E-state index in [1.165, 1.54) is 7.05 Å². The van der Waals surface area contributed by atoms with E-state index in [4.69, 9.17) is 22.2 Å². The number of likely N-dealkylation sites (N-methyl/N-ethyl adjacent to an activating group) is 1. The summed E-state index contributed by atoms with van der Waals surface area (Å²) in [6, 6.07) is 5.27. The zero-order valence-electron chi connectivity index (χ0n) is 9.37. The van der Waals surface area contributed by atoms with Gasteiger partial charge >= 0.3 is 0 Å². The minimum absolute atomic E-state index is 0.166. The average Bonchev–Trinajstić information content (AvgIpc) is 2.22. The van der Waals surface area contributed by atoms with Gasteiger partial charge in [0.15, 0.2) is 0 Å². The van der Waals surface area contributed by atoms with Gasteiger partial charge in [0.1, 0.15) is 5.75 Å². The third kappa shape index (κ3) is 3.40. The first kappa shape index (κ1) is 12.8. The fraction of sp³-hybridized carbons (Fsp3) is 0.364. The van der Waals surface area contributed by atoms with Crippen molar-refractivity contribution in [1.29, 1.82) is 0 Å². The molecule has 88 valence electrons. The maximum absolute atomic E-state index is 11.4. The predicted molar refractivity (Wildman–Crippen MR) is 63.3 cm³/mol. The molecule has 0 spiro atoms. The lowest BCUT2D eigenvalue weighted by molar-refractivity contribution is -0.129. The van der Waals surface area contributed by atoms with E-state index in [-0.39, 0.29) is 12.3 Å². The standard InChI is InChI=1S/C11H15ClN2O2/c1-3-16-10-5-4-8(6-9(10)12)7-11(15)14(2)13/h4-6H,3,7,13H2,1-2H3. The Morgan fingerprint density at radius 1 is 1.56 bits per heavy atom. The number of carbonyl (C=O) groups is 1. The van der Waals surface area contributed by atoms with E-state index in [1.807, 2.05) is 6.92 Å². The molecule has 0 aromatic heterocycles. The van der Waals surface area contributed by atoms with Crippen LogP contribution < -0.4 is 10.6 Å². The summed E-state index contributed by atoms with van der Waals surface area (Å²) in [5.41, 5.74) is 0.816. The highest BCUT2D eigenvalue weighted by molar-refractivity contribution is 6.32. The second kappa shape index (κ2) is 5.72. The topological polar surface area (TPSA) is 55.6 Å². The van der Waals surface area contributed by atoms with E-state index in [2.05, 4.69) is 0 Å². The molecule has 0 aliphatic heterocycles. The molecule has 5 heteroatoms. The van der Waals surface area contributed by atoms with Crippen LogP contribution in [0.5, 0.6) is 5.75 Å². The molecule has 2 N–H and O–H groups in total. The van der Waals surface area contributed by atoms with Crippen molar-refractivity contribution < 1.29 is 9.53 Å². The lowest BCUT2D eigenvalue weighted by atomic mass is 10.1. The first-order valence-electron chi connectivity index (χ1n) is 4.97. The summed E-state index contributed by atoms with van der Waals surface area (Å²) in [5.74, 6) is 5.79. The second-order valence-corrected chi connectivity index (χ2v) is 3.79. The number of amides is 1. The Morgan fingerprint density at radius 3 is 2.75 bits per heavy atom. The summed E-state index contributed by atoms with van der Waals surface area (Å²) in [7, 11) is 1.51. The van der Waals surface area contributed by atoms with Gasteiger partial charge in [0.2, 0.25) is 5.91 Å². The lowest BCUT2D eigenvalue weighted by Gasteiger charge is -2.11. The second-order valence-electron chi connectivity index (χ2n) is 3.38. The molecule has 0 saturated carbocycles. The lowest BCUT2D eigenvalue weighted by Crippen LogP contribution is -2.34. The van der Waals surface area contributed by atoms with Crippen LogP contribution in [-0.4, -0.2) is 24.6 Å². The number of nitrogens with two attached hydrogens (primary N) is 1. The van der Waals surface area contributed by atoms with Crippen molar-refractivity contribution in [3.8, 4) is 5.75 Å². The van der Waals surface area contributed by atoms with Gasteiger partial charge in [0, 0.05) is 7.05 Å². The molecular formula is C11H15ClN2O2. The third-order valence-electron chi connectivity index (χ3n) is 2.04. The molecule has 1 rings (SSSR count). The van der Waals surface area contributed by atoms with Crippen molar-refractivity contribution in [2.75, 3.05) is 13.7 Å². The highest BCUT2D eigenvalue weighted by Crippen LogP contribution is 2.25. The zero-order valence-corrected chi connectivity index (χ0v) is 10.1. The first-order valence-corrected chi connectivity index (χ1v) is 5.35. The molecule has 0 bridgehead atoms. The molecular weight excluding hydrogens is 228 g/mol. The molecule has 1 aromatic rings. The van der Waals surface area contributed by atoms with Crippen LogP contribution in [0.3, 0.4) is 0 Å². The molecule has 0 radical (unpaired) electrons. The molecule has 0 aliphatic carbocycles. The number of halogens is 1. The number of rotatable bonds is 4. The van der Waals surface area contributed by atoms with Gasteiger partial charge in [0.05, 0.1) is 18.1 Å². The van der Waals surface area contributed by atoms with Gasteiger partial charge in [-0.15, -0.1) is 0 Å². The Labute approximate surface area is 99.9 Å². The quantitative estimate of drug-likeness (QED) is 0.496. The summed E-state index contributed by atoms with van der Waals surface area (Å²) in [6.07, 6.45) is 0.235. The van der Waals surface area contributed by atoms with E-state index < -0.39 is 0 Å². The predicted octanol–water partition coefficient (Wildman–Crippen LogP) is 1.61. The van der Waals surface area contributed by atoms with Gasteiger partial charge in [0.25, 0.3) is 0 Å². The number of hydrogen-bond donors (Lipinski definition) is 1. The smallest absolute Gasteiger partial charge is 0.240 e. The largest absolute Gasteiger partial charge is 0.492 e. The molecule has 0 heterocycles. The van der Waals surface area contributed by atoms with Gasteiger partial charge in [-0.1, -0.05) is 17.7 Å². The molecule has 0 aliphatic rings. The van der Waals surface area contributed by atoms with E-state index in [0.29, 0.717) is 17.4 Å². The fourth-order valence-corrected chi connectivity index (χ4v) is 1.48. The van der Waals surface area contributed by atoms with Crippen LogP contribution in [-0.2, 0) is 11.2 Å². The molecule has 4 nitrogen and oxygen atoms in total. The normalized spacial score (nSPS) is 10.0. The maximum Gasteiger partial charge on any atom is 0.240 e. The van der Waals surface area contributed by atoms with Gasteiger partial charge < -0.3 is 4.74 Å². The van der Waals surface area contributed by atoms with Crippen LogP contribution in [0.25, 0.3) is 0 Å². The molecule has 0 atom stereocenters. The van der Waals surface area contributed by atoms with E-state index in [9.17, 15) is 4.79 Å². The van der Waals surface area contributed by atoms with Crippen molar-refractivity contribution >= 4 is 17.5 Å². The molecule has 1 aromatic carbocycles. The number of ether oxygens (including phenoxy) is 1. The van der Waals surface area contributed by atoms with Crippen molar-refractivity contribution in [2.45, 2.75) is 13.3 Å². The van der Waals surface area contributed by atoms with Crippen molar-refractivity contribution in [3.63, 3.8) is 0 Å². The first-order chi connectivity index (χ1) is 7.54. The van der Waals surface area contributed by atoms with Crippen LogP contribution in [0.1, 0.15) is 12.5 Å². The van der Waals surface area contributed by atoms with Crippen LogP contribution in [0.2, 0.25) is 5.02 Å². The van der Waals surface area contributed by atoms with E-state index in [1.54, 1.807) is 18.2 Å². The van der Waals surface area contributed by atoms with Crippen LogP contribution >= 0.6 is 11.6 Å². The number of hydrogen-bond acceptors (Lipinski definition) is 3. The fourth-order valence-electron chi connectivity index (χ4n) is 1.23. The minimum Gasteiger partial charge on any atom is -0.492 e. The maximum atomic E-state index is 11.4. The van der Waals surface area contributed by atoms with Gasteiger partial charge in [-0.25, -0.2) is 5.84 Å². The van der Waals surface area contributed by atoms with E-state index >= 15 is 0 Å². The van der Waals surface area contributed by atoms with Crippen molar-refractivity contribution in [2.24, 2.45) is 5.84 Å². The summed E-state index contributed by atoms with van der Waals surface area (Å²) in [4.78, 5) is 11.4. The number of carbonyl (C=O) groups excluding carboxylic acids is 1. The zero-order chi connectivity index (χ0) is 12.1. The van der Waals surface area contributed by atoms with Crippen LogP contribution in [0.4, 0.5) is 0 Å². The summed E-state index contributed by atoms with van der Waals surface area (Å²) in [5, 5.41) is 1.57. The van der Waals surface area contributed by atoms with E-state index in [0.717, 1.165) is 10.6 Å². The summed E-state index contributed by atoms with van der Waals surface area (Å²) in [6.45, 7) is 2.45. The Morgan fingerprint density at radius 2 is 2.25 bits per heavy atom. The van der Waals surface area contributed by atoms with Crippen molar-refractivity contribution in [3.05, 3.63) is 28.8 Å². The van der Waals surface area contributed by atoms with Gasteiger partial charge in [-0.3, -0.25) is 9.80 Å². The monoisotopic (exact) mass is 242 g/mol. The van der Waals surface area contributed by atoms with Crippen LogP contribution in [0.15, 0.2) is 18.2 Å². The highest BCUT2D eigenvalue weighted by atomic mass is 35.5. The van der Waals surface area contributed by atoms with Gasteiger partial charge in [-0.05, 0) is 24.6 Å². The van der Waals surface area contributed by atoms with Crippen molar-refractivity contribution in [1.82, 2.24) is 5.01 Å². The molecule has 0 unspecified atom stereocenters. The van der Waals surface area contributed by atoms with Crippen LogP contribution in [0, 0.1) is 0 Å². The number of nitrogens with zero attached hydrogens (tertiary/aromatic N) is 1. The Kier molecular flexibility index (Phi) is 4.58. The Hall–Kier alpha value is -1.26. The summed E-state index contributed by atoms with van der Waals surface area (Å²) >= 11 is 5.99. The third-order valence-corrected chi connectivity index (χ3v) is 2.34. The Bertz CT molecular complexity index is 380. The number of hydrazine groups is 1. The Balaban J connectivity index is 2.77. The summed E-state index contributed by atoms with van der Waals surface area (Å²) < 4.78 is 5.29. The molecule has 16 heavy (non-hydrogen) atoms. The molecule has 0 saturated heterocycles. The molecule has 1 amide bonds. The average molecular weight is 243 g/mol. The highest BCUT2D eigenvalue weighted by Gasteiger charge is 2.08.